The van der Waals surface area contributed by atoms with E-state index >= 15 is 0 Å². The summed E-state index contributed by atoms with van der Waals surface area (Å²) in [6.45, 7) is 15.8. The molecule has 0 aliphatic carbocycles. The van der Waals surface area contributed by atoms with Crippen molar-refractivity contribution in [2.75, 3.05) is 6.61 Å². The van der Waals surface area contributed by atoms with Gasteiger partial charge in [0.25, 0.3) is 0 Å². The Morgan fingerprint density at radius 3 is 2.33 bits per heavy atom. The number of halogens is 1. The minimum Gasteiger partial charge on any atom is -0.494 e. The van der Waals surface area contributed by atoms with Gasteiger partial charge in [-0.1, -0.05) is 15.9 Å². The first-order valence-electron chi connectivity index (χ1n) is 6.14. The molecule has 0 aliphatic rings. The van der Waals surface area contributed by atoms with E-state index in [9.17, 15) is 0 Å². The van der Waals surface area contributed by atoms with Crippen LogP contribution in [0.4, 0.5) is 0 Å². The zero-order valence-corrected chi connectivity index (χ0v) is 13.1. The number of nitrogens with zero attached hydrogens (tertiary/aromatic N) is 1. The molecule has 0 fully saturated rings. The molecule has 98 valence electrons. The lowest BCUT2D eigenvalue weighted by Gasteiger charge is -2.12. The number of hydrogen-bond acceptors (Lipinski definition) is 1. The van der Waals surface area contributed by atoms with Crippen molar-refractivity contribution in [1.29, 1.82) is 0 Å². The summed E-state index contributed by atoms with van der Waals surface area (Å²) in [5.41, 5.74) is 2.10. The molecule has 0 spiro atoms. The van der Waals surface area contributed by atoms with Gasteiger partial charge in [0.1, 0.15) is 5.75 Å². The molecule has 1 rings (SSSR count). The molecule has 0 heterocycles. The second kappa shape index (κ2) is 6.24. The molecule has 0 saturated carbocycles. The van der Waals surface area contributed by atoms with Crippen molar-refractivity contribution >= 4 is 15.9 Å². The van der Waals surface area contributed by atoms with Crippen molar-refractivity contribution in [1.82, 2.24) is 0 Å². The summed E-state index contributed by atoms with van der Waals surface area (Å²) in [4.78, 5) is 3.59. The monoisotopic (exact) mass is 309 g/mol. The first kappa shape index (κ1) is 15.0. The van der Waals surface area contributed by atoms with E-state index in [1.807, 2.05) is 26.0 Å². The third-order valence-electron chi connectivity index (χ3n) is 2.91. The molecule has 0 N–H and O–H groups in total. The first-order valence-corrected chi connectivity index (χ1v) is 6.93. The van der Waals surface area contributed by atoms with Crippen LogP contribution < -0.4 is 4.74 Å². The van der Waals surface area contributed by atoms with Gasteiger partial charge in [-0.25, -0.2) is 6.57 Å². The zero-order valence-electron chi connectivity index (χ0n) is 11.5. The standard InChI is InChI=1S/C15H20BrNO/c1-11-9-13(10-12(2)14(11)16)18-8-6-7-15(3,4)17-5/h9-10H,6-8H2,1-4H3. The van der Waals surface area contributed by atoms with Gasteiger partial charge in [0.05, 0.1) is 6.61 Å². The lowest BCUT2D eigenvalue weighted by molar-refractivity contribution is 0.296. The molecule has 1 aromatic carbocycles. The van der Waals surface area contributed by atoms with Crippen LogP contribution in [0, 0.1) is 20.4 Å². The molecule has 0 atom stereocenters. The molecule has 18 heavy (non-hydrogen) atoms. The third-order valence-corrected chi connectivity index (χ3v) is 4.17. The number of benzene rings is 1. The van der Waals surface area contributed by atoms with E-state index in [2.05, 4.69) is 34.6 Å². The van der Waals surface area contributed by atoms with Crippen LogP contribution in [0.1, 0.15) is 37.8 Å². The smallest absolute Gasteiger partial charge is 0.227 e. The fraction of sp³-hybridized carbons (Fsp3) is 0.533. The Morgan fingerprint density at radius 1 is 1.28 bits per heavy atom. The minimum atomic E-state index is -0.269. The first-order chi connectivity index (χ1) is 8.35. The second-order valence-corrected chi connectivity index (χ2v) is 6.04. The number of rotatable bonds is 5. The molecule has 0 amide bonds. The normalized spacial score (nSPS) is 11.1. The Hall–Kier alpha value is -1.01. The number of hydrogen-bond donors (Lipinski definition) is 0. The zero-order chi connectivity index (χ0) is 13.8. The van der Waals surface area contributed by atoms with Gasteiger partial charge in [0.15, 0.2) is 0 Å². The fourth-order valence-electron chi connectivity index (χ4n) is 1.74. The number of ether oxygens (including phenoxy) is 1. The predicted octanol–water partition coefficient (Wildman–Crippen LogP) is 4.92. The minimum absolute atomic E-state index is 0.269. The van der Waals surface area contributed by atoms with Crippen LogP contribution in [0.15, 0.2) is 16.6 Å². The average Bonchev–Trinajstić information content (AvgIpc) is 2.31. The highest BCUT2D eigenvalue weighted by atomic mass is 79.9. The van der Waals surface area contributed by atoms with Gasteiger partial charge in [-0.3, -0.25) is 0 Å². The molecule has 0 unspecified atom stereocenters. The Kier molecular flexibility index (Phi) is 5.22. The molecule has 2 nitrogen and oxygen atoms in total. The molecule has 0 saturated heterocycles. The van der Waals surface area contributed by atoms with Crippen molar-refractivity contribution in [3.8, 4) is 5.75 Å². The van der Waals surface area contributed by atoms with Crippen molar-refractivity contribution in [2.45, 2.75) is 46.1 Å². The van der Waals surface area contributed by atoms with Crippen LogP contribution in [0.5, 0.6) is 5.75 Å². The Morgan fingerprint density at radius 2 is 1.83 bits per heavy atom. The number of aryl methyl sites for hydroxylation is 2. The molecule has 1 aromatic rings. The molecular formula is C15H20BrNO. The van der Waals surface area contributed by atoms with Gasteiger partial charge in [-0.2, -0.15) is 0 Å². The molecule has 0 bridgehead atoms. The van der Waals surface area contributed by atoms with Crippen LogP contribution in [0.3, 0.4) is 0 Å². The summed E-state index contributed by atoms with van der Waals surface area (Å²) >= 11 is 3.54. The van der Waals surface area contributed by atoms with Gasteiger partial charge in [-0.05, 0) is 43.5 Å². The molecule has 0 aliphatic heterocycles. The fourth-order valence-corrected chi connectivity index (χ4v) is 1.97. The van der Waals surface area contributed by atoms with E-state index < -0.39 is 0 Å². The molecule has 0 radical (unpaired) electrons. The highest BCUT2D eigenvalue weighted by Crippen LogP contribution is 2.26. The molecule has 3 heteroatoms. The average molecular weight is 310 g/mol. The van der Waals surface area contributed by atoms with E-state index in [1.54, 1.807) is 0 Å². The quantitative estimate of drug-likeness (QED) is 0.556. The van der Waals surface area contributed by atoms with Crippen LogP contribution in [0.2, 0.25) is 0 Å². The van der Waals surface area contributed by atoms with Gasteiger partial charge in [0.2, 0.25) is 5.54 Å². The summed E-state index contributed by atoms with van der Waals surface area (Å²) in [5, 5.41) is 0. The Balaban J connectivity index is 2.48. The predicted molar refractivity (Wildman–Crippen MR) is 79.0 cm³/mol. The van der Waals surface area contributed by atoms with E-state index in [0.29, 0.717) is 6.61 Å². The lowest BCUT2D eigenvalue weighted by atomic mass is 10.0. The lowest BCUT2D eigenvalue weighted by Crippen LogP contribution is -2.15. The largest absolute Gasteiger partial charge is 0.494 e. The van der Waals surface area contributed by atoms with Crippen LogP contribution in [-0.2, 0) is 0 Å². The molecule has 0 aromatic heterocycles. The van der Waals surface area contributed by atoms with E-state index in [1.165, 1.54) is 11.1 Å². The van der Waals surface area contributed by atoms with Crippen molar-refractivity contribution in [3.63, 3.8) is 0 Å². The Labute approximate surface area is 118 Å². The van der Waals surface area contributed by atoms with Gasteiger partial charge in [-0.15, -0.1) is 0 Å². The summed E-state index contributed by atoms with van der Waals surface area (Å²) in [6.07, 6.45) is 1.77. The van der Waals surface area contributed by atoms with Gasteiger partial charge >= 0.3 is 0 Å². The highest BCUT2D eigenvalue weighted by molar-refractivity contribution is 9.10. The van der Waals surface area contributed by atoms with Crippen LogP contribution in [-0.4, -0.2) is 12.1 Å². The maximum absolute atomic E-state index is 7.06. The second-order valence-electron chi connectivity index (χ2n) is 5.25. The van der Waals surface area contributed by atoms with Gasteiger partial charge < -0.3 is 9.58 Å². The van der Waals surface area contributed by atoms with Gasteiger partial charge in [0, 0.05) is 24.7 Å². The summed E-state index contributed by atoms with van der Waals surface area (Å²) in [5.74, 6) is 0.911. The van der Waals surface area contributed by atoms with Crippen LogP contribution in [0.25, 0.3) is 4.85 Å². The van der Waals surface area contributed by atoms with Crippen LogP contribution >= 0.6 is 15.9 Å². The maximum atomic E-state index is 7.06. The summed E-state index contributed by atoms with van der Waals surface area (Å²) < 4.78 is 6.88. The maximum Gasteiger partial charge on any atom is 0.227 e. The third kappa shape index (κ3) is 4.34. The van der Waals surface area contributed by atoms with E-state index in [-0.39, 0.29) is 5.54 Å². The van der Waals surface area contributed by atoms with E-state index in [0.717, 1.165) is 23.1 Å². The summed E-state index contributed by atoms with van der Waals surface area (Å²) in [6, 6.07) is 4.08. The molecular weight excluding hydrogens is 290 g/mol. The van der Waals surface area contributed by atoms with Crippen molar-refractivity contribution < 1.29 is 4.74 Å². The van der Waals surface area contributed by atoms with Crippen molar-refractivity contribution in [3.05, 3.63) is 39.1 Å². The topological polar surface area (TPSA) is 13.6 Å². The van der Waals surface area contributed by atoms with Crippen molar-refractivity contribution in [2.24, 2.45) is 0 Å². The summed E-state index contributed by atoms with van der Waals surface area (Å²) in [7, 11) is 0. The van der Waals surface area contributed by atoms with E-state index in [4.69, 9.17) is 11.3 Å². The highest BCUT2D eigenvalue weighted by Gasteiger charge is 2.21. The Bertz CT molecular complexity index is 437. The SMILES string of the molecule is [C-]#[N+]C(C)(C)CCCOc1cc(C)c(Br)c(C)c1.